The average Bonchev–Trinajstić information content (AvgIpc) is 3.18. The zero-order chi connectivity index (χ0) is 13.0. The van der Waals surface area contributed by atoms with Gasteiger partial charge in [-0.25, -0.2) is 0 Å². The number of hydrogen-bond acceptors (Lipinski definition) is 5. The smallest absolute Gasteiger partial charge is 0.296 e. The zero-order valence-electron chi connectivity index (χ0n) is 10.3. The maximum atomic E-state index is 10.9. The van der Waals surface area contributed by atoms with Crippen LogP contribution in [0.3, 0.4) is 0 Å². The van der Waals surface area contributed by atoms with E-state index in [0.29, 0.717) is 24.0 Å². The lowest BCUT2D eigenvalue weighted by atomic mass is 10.2. The van der Waals surface area contributed by atoms with Crippen molar-refractivity contribution in [3.05, 3.63) is 28.3 Å². The summed E-state index contributed by atoms with van der Waals surface area (Å²) in [6.45, 7) is 1.48. The van der Waals surface area contributed by atoms with Crippen molar-refractivity contribution in [1.82, 2.24) is 5.32 Å². The molecule has 0 saturated heterocycles. The molecule has 0 heterocycles. The second kappa shape index (κ2) is 5.68. The Morgan fingerprint density at radius 1 is 1.44 bits per heavy atom. The Hall–Kier alpha value is -1.82. The summed E-state index contributed by atoms with van der Waals surface area (Å²) in [6.07, 6.45) is 2.48. The molecule has 0 radical (unpaired) electrons. The maximum absolute atomic E-state index is 10.9. The Morgan fingerprint density at radius 3 is 2.83 bits per heavy atom. The van der Waals surface area contributed by atoms with Gasteiger partial charge >= 0.3 is 0 Å². The number of rotatable bonds is 7. The Kier molecular flexibility index (Phi) is 3.99. The van der Waals surface area contributed by atoms with E-state index < -0.39 is 4.92 Å². The van der Waals surface area contributed by atoms with E-state index in [1.807, 2.05) is 0 Å². The number of hydrogen-bond donors (Lipinski definition) is 2. The molecule has 1 saturated carbocycles. The van der Waals surface area contributed by atoms with Crippen LogP contribution < -0.4 is 15.4 Å². The van der Waals surface area contributed by atoms with Gasteiger partial charge in [-0.05, 0) is 25.0 Å². The molecule has 6 heteroatoms. The second-order valence-corrected chi connectivity index (χ2v) is 4.30. The standard InChI is InChI=1S/C12H17N3O3/c1-18-10-4-5-11(12(8-10)15(16)17)14-7-6-13-9-2-3-9/h4-5,8-9,13-14H,2-3,6-7H2,1H3. The van der Waals surface area contributed by atoms with Gasteiger partial charge in [0, 0.05) is 19.1 Å². The molecule has 6 nitrogen and oxygen atoms in total. The monoisotopic (exact) mass is 251 g/mol. The molecule has 0 atom stereocenters. The molecule has 18 heavy (non-hydrogen) atoms. The third-order valence-electron chi connectivity index (χ3n) is 2.85. The lowest BCUT2D eigenvalue weighted by Gasteiger charge is -2.08. The van der Waals surface area contributed by atoms with Crippen molar-refractivity contribution in [3.8, 4) is 5.75 Å². The Balaban J connectivity index is 1.94. The minimum atomic E-state index is -0.404. The van der Waals surface area contributed by atoms with Gasteiger partial charge < -0.3 is 15.4 Å². The number of nitrogens with one attached hydrogen (secondary N) is 2. The van der Waals surface area contributed by atoms with Crippen molar-refractivity contribution in [2.24, 2.45) is 0 Å². The van der Waals surface area contributed by atoms with Crippen LogP contribution in [0.2, 0.25) is 0 Å². The first-order chi connectivity index (χ1) is 8.70. The highest BCUT2D eigenvalue weighted by Gasteiger charge is 2.20. The summed E-state index contributed by atoms with van der Waals surface area (Å²) >= 11 is 0. The fourth-order valence-electron chi connectivity index (χ4n) is 1.70. The SMILES string of the molecule is COc1ccc(NCCNC2CC2)c([N+](=O)[O-])c1. The summed E-state index contributed by atoms with van der Waals surface area (Å²) in [6, 6.07) is 5.46. The summed E-state index contributed by atoms with van der Waals surface area (Å²) < 4.78 is 4.98. The van der Waals surface area contributed by atoms with Crippen molar-refractivity contribution >= 4 is 11.4 Å². The van der Waals surface area contributed by atoms with Crippen LogP contribution in [0, 0.1) is 10.1 Å². The number of methoxy groups -OCH3 is 1. The van der Waals surface area contributed by atoms with Crippen molar-refractivity contribution < 1.29 is 9.66 Å². The average molecular weight is 251 g/mol. The summed E-state index contributed by atoms with van der Waals surface area (Å²) in [5.74, 6) is 0.489. The second-order valence-electron chi connectivity index (χ2n) is 4.30. The van der Waals surface area contributed by atoms with E-state index in [-0.39, 0.29) is 5.69 Å². The van der Waals surface area contributed by atoms with E-state index in [1.54, 1.807) is 12.1 Å². The third kappa shape index (κ3) is 3.33. The normalized spacial score (nSPS) is 14.3. The Labute approximate surface area is 105 Å². The lowest BCUT2D eigenvalue weighted by Crippen LogP contribution is -2.24. The fraction of sp³-hybridized carbons (Fsp3) is 0.500. The molecule has 2 rings (SSSR count). The van der Waals surface area contributed by atoms with Gasteiger partial charge in [0.05, 0.1) is 18.1 Å². The molecule has 0 amide bonds. The number of anilines is 1. The number of benzene rings is 1. The van der Waals surface area contributed by atoms with Crippen molar-refractivity contribution in [2.45, 2.75) is 18.9 Å². The predicted octanol–water partition coefficient (Wildman–Crippen LogP) is 1.77. The van der Waals surface area contributed by atoms with Crippen molar-refractivity contribution in [2.75, 3.05) is 25.5 Å². The van der Waals surface area contributed by atoms with Gasteiger partial charge in [0.2, 0.25) is 0 Å². The molecule has 0 bridgehead atoms. The van der Waals surface area contributed by atoms with Crippen molar-refractivity contribution in [3.63, 3.8) is 0 Å². The van der Waals surface area contributed by atoms with Crippen molar-refractivity contribution in [1.29, 1.82) is 0 Å². The topological polar surface area (TPSA) is 76.4 Å². The quantitative estimate of drug-likeness (QED) is 0.439. The van der Waals surface area contributed by atoms with E-state index in [9.17, 15) is 10.1 Å². The summed E-state index contributed by atoms with van der Waals surface area (Å²) in [4.78, 5) is 10.5. The molecular weight excluding hydrogens is 234 g/mol. The molecule has 0 aliphatic heterocycles. The van der Waals surface area contributed by atoms with Crippen LogP contribution in [0.4, 0.5) is 11.4 Å². The van der Waals surface area contributed by atoms with Gasteiger partial charge in [-0.1, -0.05) is 0 Å². The number of ether oxygens (including phenoxy) is 1. The summed E-state index contributed by atoms with van der Waals surface area (Å²) in [7, 11) is 1.49. The van der Waals surface area contributed by atoms with Crippen LogP contribution in [0.1, 0.15) is 12.8 Å². The highest BCUT2D eigenvalue weighted by atomic mass is 16.6. The van der Waals surface area contributed by atoms with Gasteiger partial charge in [0.25, 0.3) is 5.69 Å². The first kappa shape index (κ1) is 12.6. The third-order valence-corrected chi connectivity index (χ3v) is 2.85. The molecule has 98 valence electrons. The van der Waals surface area contributed by atoms with E-state index in [0.717, 1.165) is 6.54 Å². The van der Waals surface area contributed by atoms with Crippen LogP contribution >= 0.6 is 0 Å². The molecule has 1 aromatic carbocycles. The highest BCUT2D eigenvalue weighted by molar-refractivity contribution is 5.63. The first-order valence-corrected chi connectivity index (χ1v) is 6.00. The van der Waals surface area contributed by atoms with Crippen LogP contribution in [-0.2, 0) is 0 Å². The molecule has 1 aliphatic rings. The van der Waals surface area contributed by atoms with Gasteiger partial charge in [-0.15, -0.1) is 0 Å². The minimum Gasteiger partial charge on any atom is -0.496 e. The maximum Gasteiger partial charge on any atom is 0.296 e. The van der Waals surface area contributed by atoms with Crippen LogP contribution in [0.15, 0.2) is 18.2 Å². The first-order valence-electron chi connectivity index (χ1n) is 6.00. The summed E-state index contributed by atoms with van der Waals surface area (Å²) in [5, 5.41) is 17.3. The molecule has 1 aromatic rings. The molecular formula is C12H17N3O3. The summed E-state index contributed by atoms with van der Waals surface area (Å²) in [5.41, 5.74) is 0.569. The van der Waals surface area contributed by atoms with E-state index >= 15 is 0 Å². The van der Waals surface area contributed by atoms with E-state index in [2.05, 4.69) is 10.6 Å². The van der Waals surface area contributed by atoms with Gasteiger partial charge in [-0.2, -0.15) is 0 Å². The lowest BCUT2D eigenvalue weighted by molar-refractivity contribution is -0.384. The van der Waals surface area contributed by atoms with Crippen LogP contribution in [0.25, 0.3) is 0 Å². The van der Waals surface area contributed by atoms with Crippen LogP contribution in [0.5, 0.6) is 5.75 Å². The Morgan fingerprint density at radius 2 is 2.22 bits per heavy atom. The number of nitro groups is 1. The highest BCUT2D eigenvalue weighted by Crippen LogP contribution is 2.28. The fourth-order valence-corrected chi connectivity index (χ4v) is 1.70. The largest absolute Gasteiger partial charge is 0.496 e. The molecule has 2 N–H and O–H groups in total. The zero-order valence-corrected chi connectivity index (χ0v) is 10.3. The molecule has 0 aromatic heterocycles. The minimum absolute atomic E-state index is 0.0424. The number of nitro benzene ring substituents is 1. The van der Waals surface area contributed by atoms with Crippen LogP contribution in [-0.4, -0.2) is 31.2 Å². The molecule has 0 unspecified atom stereocenters. The van der Waals surface area contributed by atoms with Gasteiger partial charge in [0.15, 0.2) is 0 Å². The predicted molar refractivity (Wildman–Crippen MR) is 69.2 cm³/mol. The van der Waals surface area contributed by atoms with Gasteiger partial charge in [-0.3, -0.25) is 10.1 Å². The van der Waals surface area contributed by atoms with Gasteiger partial charge in [0.1, 0.15) is 11.4 Å². The molecule has 1 fully saturated rings. The van der Waals surface area contributed by atoms with E-state index in [1.165, 1.54) is 26.0 Å². The Bertz CT molecular complexity index is 433. The molecule has 1 aliphatic carbocycles. The van der Waals surface area contributed by atoms with E-state index in [4.69, 9.17) is 4.74 Å². The molecule has 0 spiro atoms. The number of nitrogens with zero attached hydrogens (tertiary/aromatic N) is 1.